The lowest BCUT2D eigenvalue weighted by atomic mass is 9.98. The van der Waals surface area contributed by atoms with Gasteiger partial charge in [0, 0.05) is 12.5 Å². The number of aliphatic carboxylic acids is 1. The smallest absolute Gasteiger partial charge is 0.407 e. The van der Waals surface area contributed by atoms with E-state index in [2.05, 4.69) is 34.9 Å². The minimum Gasteiger partial charge on any atom is -0.481 e. The largest absolute Gasteiger partial charge is 0.481 e. The summed E-state index contributed by atoms with van der Waals surface area (Å²) in [5.41, 5.74) is 4.54. The molecule has 2 aromatic rings. The molecule has 0 radical (unpaired) electrons. The van der Waals surface area contributed by atoms with Gasteiger partial charge in [-0.15, -0.1) is 0 Å². The van der Waals surface area contributed by atoms with Gasteiger partial charge in [-0.05, 0) is 40.7 Å². The minimum absolute atomic E-state index is 0.0559. The molecule has 182 valence electrons. The van der Waals surface area contributed by atoms with Gasteiger partial charge in [0.05, 0.1) is 19.6 Å². The first-order valence-electron chi connectivity index (χ1n) is 11.2. The Hall–Kier alpha value is -3.04. The van der Waals surface area contributed by atoms with Crippen LogP contribution in [-0.4, -0.2) is 67.5 Å². The molecule has 2 amide bonds. The SMILES string of the molecule is CSCC[C@@H](NC(=O)OCC1c2ccccc2-c2ccccc21)C(=O)NCCOCCC(=O)O. The number of amides is 2. The fourth-order valence-corrected chi connectivity index (χ4v) is 4.39. The molecule has 8 nitrogen and oxygen atoms in total. The number of rotatable bonds is 13. The third kappa shape index (κ3) is 6.98. The summed E-state index contributed by atoms with van der Waals surface area (Å²) in [5.74, 6) is -0.631. The van der Waals surface area contributed by atoms with Gasteiger partial charge in [-0.2, -0.15) is 11.8 Å². The van der Waals surface area contributed by atoms with Gasteiger partial charge in [0.15, 0.2) is 0 Å². The molecule has 3 rings (SSSR count). The maximum absolute atomic E-state index is 12.6. The molecule has 1 atom stereocenters. The number of nitrogens with one attached hydrogen (secondary N) is 2. The molecule has 0 unspecified atom stereocenters. The van der Waals surface area contributed by atoms with Crippen molar-refractivity contribution in [2.24, 2.45) is 0 Å². The summed E-state index contributed by atoms with van der Waals surface area (Å²) in [6.07, 6.45) is 1.66. The number of alkyl carbamates (subject to hydrolysis) is 1. The number of benzene rings is 2. The first-order chi connectivity index (χ1) is 16.5. The Balaban J connectivity index is 1.52. The Bertz CT molecular complexity index is 953. The van der Waals surface area contributed by atoms with Crippen LogP contribution in [0.3, 0.4) is 0 Å². The van der Waals surface area contributed by atoms with Gasteiger partial charge in [-0.3, -0.25) is 9.59 Å². The van der Waals surface area contributed by atoms with E-state index in [1.165, 1.54) is 0 Å². The average molecular weight is 487 g/mol. The lowest BCUT2D eigenvalue weighted by Gasteiger charge is -2.19. The van der Waals surface area contributed by atoms with E-state index in [1.54, 1.807) is 11.8 Å². The summed E-state index contributed by atoms with van der Waals surface area (Å²) in [4.78, 5) is 35.6. The van der Waals surface area contributed by atoms with Crippen LogP contribution in [-0.2, 0) is 19.1 Å². The number of ether oxygens (including phenoxy) is 2. The van der Waals surface area contributed by atoms with Crippen LogP contribution < -0.4 is 10.6 Å². The molecule has 34 heavy (non-hydrogen) atoms. The van der Waals surface area contributed by atoms with Crippen molar-refractivity contribution in [1.29, 1.82) is 0 Å². The van der Waals surface area contributed by atoms with E-state index >= 15 is 0 Å². The van der Waals surface area contributed by atoms with Gasteiger partial charge in [-0.25, -0.2) is 4.79 Å². The molecule has 2 aromatic carbocycles. The van der Waals surface area contributed by atoms with E-state index in [4.69, 9.17) is 14.6 Å². The Morgan fingerprint density at radius 2 is 1.68 bits per heavy atom. The summed E-state index contributed by atoms with van der Waals surface area (Å²) in [6, 6.07) is 15.5. The third-order valence-corrected chi connectivity index (χ3v) is 6.21. The summed E-state index contributed by atoms with van der Waals surface area (Å²) < 4.78 is 10.7. The van der Waals surface area contributed by atoms with Crippen LogP contribution in [0.2, 0.25) is 0 Å². The Labute approximate surface area is 203 Å². The summed E-state index contributed by atoms with van der Waals surface area (Å²) in [7, 11) is 0. The molecular weight excluding hydrogens is 456 g/mol. The Kier molecular flexibility index (Phi) is 9.78. The van der Waals surface area contributed by atoms with E-state index in [-0.39, 0.29) is 44.6 Å². The number of thioether (sulfide) groups is 1. The van der Waals surface area contributed by atoms with E-state index in [0.717, 1.165) is 22.3 Å². The highest BCUT2D eigenvalue weighted by Gasteiger charge is 2.29. The van der Waals surface area contributed by atoms with Crippen LogP contribution in [0, 0.1) is 0 Å². The maximum Gasteiger partial charge on any atom is 0.407 e. The highest BCUT2D eigenvalue weighted by Crippen LogP contribution is 2.44. The van der Waals surface area contributed by atoms with Crippen LogP contribution in [0.1, 0.15) is 29.9 Å². The number of carbonyl (C=O) groups is 3. The number of carboxylic acids is 1. The van der Waals surface area contributed by atoms with E-state index in [1.807, 2.05) is 30.5 Å². The summed E-state index contributed by atoms with van der Waals surface area (Å²) in [6.45, 7) is 0.674. The number of fused-ring (bicyclic) bond motifs is 3. The molecule has 0 saturated carbocycles. The second-order valence-corrected chi connectivity index (χ2v) is 8.84. The topological polar surface area (TPSA) is 114 Å². The molecule has 9 heteroatoms. The van der Waals surface area contributed by atoms with Crippen molar-refractivity contribution in [2.45, 2.75) is 24.8 Å². The average Bonchev–Trinajstić information content (AvgIpc) is 3.16. The lowest BCUT2D eigenvalue weighted by molar-refractivity contribution is -0.138. The lowest BCUT2D eigenvalue weighted by Crippen LogP contribution is -2.48. The van der Waals surface area contributed by atoms with Crippen molar-refractivity contribution in [2.75, 3.05) is 38.4 Å². The van der Waals surface area contributed by atoms with Crippen LogP contribution >= 0.6 is 11.8 Å². The van der Waals surface area contributed by atoms with Gasteiger partial charge in [-0.1, -0.05) is 48.5 Å². The molecular formula is C25H30N2O6S. The zero-order valence-corrected chi connectivity index (χ0v) is 19.9. The molecule has 0 saturated heterocycles. The first kappa shape index (κ1) is 25.6. The molecule has 3 N–H and O–H groups in total. The quantitative estimate of drug-likeness (QED) is 0.373. The fourth-order valence-electron chi connectivity index (χ4n) is 3.92. The second kappa shape index (κ2) is 13.0. The third-order valence-electron chi connectivity index (χ3n) is 5.57. The molecule has 0 aromatic heterocycles. The van der Waals surface area contributed by atoms with Crippen LogP contribution in [0.5, 0.6) is 0 Å². The first-order valence-corrected chi connectivity index (χ1v) is 12.6. The number of hydrogen-bond donors (Lipinski definition) is 3. The standard InChI is InChI=1S/C25H30N2O6S/c1-34-15-11-22(24(30)26-12-14-32-13-10-23(28)29)27-25(31)33-16-21-19-8-4-2-6-17(19)18-7-3-5-9-20(18)21/h2-9,21-22H,10-16H2,1H3,(H,26,30)(H,27,31)(H,28,29)/t22-/m1/s1. The normalized spacial score (nSPS) is 13.0. The van der Waals surface area contributed by atoms with E-state index in [0.29, 0.717) is 12.2 Å². The van der Waals surface area contributed by atoms with Crippen molar-refractivity contribution in [3.63, 3.8) is 0 Å². The molecule has 0 heterocycles. The Morgan fingerprint density at radius 1 is 1.03 bits per heavy atom. The molecule has 0 spiro atoms. The van der Waals surface area contributed by atoms with Crippen molar-refractivity contribution in [3.05, 3.63) is 59.7 Å². The highest BCUT2D eigenvalue weighted by molar-refractivity contribution is 7.98. The van der Waals surface area contributed by atoms with Gasteiger partial charge >= 0.3 is 12.1 Å². The predicted octanol–water partition coefficient (Wildman–Crippen LogP) is 3.25. The van der Waals surface area contributed by atoms with Gasteiger partial charge in [0.2, 0.25) is 5.91 Å². The van der Waals surface area contributed by atoms with E-state index < -0.39 is 18.1 Å². The second-order valence-electron chi connectivity index (χ2n) is 7.85. The van der Waals surface area contributed by atoms with Gasteiger partial charge < -0.3 is 25.2 Å². The predicted molar refractivity (Wildman–Crippen MR) is 131 cm³/mol. The van der Waals surface area contributed by atoms with Crippen LogP contribution in [0.15, 0.2) is 48.5 Å². The fraction of sp³-hybridized carbons (Fsp3) is 0.400. The van der Waals surface area contributed by atoms with E-state index in [9.17, 15) is 14.4 Å². The van der Waals surface area contributed by atoms with Crippen LogP contribution in [0.4, 0.5) is 4.79 Å². The molecule has 0 aliphatic heterocycles. The number of carboxylic acid groups (broad SMARTS) is 1. The van der Waals surface area contributed by atoms with Crippen molar-refractivity contribution in [1.82, 2.24) is 10.6 Å². The zero-order chi connectivity index (χ0) is 24.3. The molecule has 1 aliphatic carbocycles. The molecule has 0 bridgehead atoms. The summed E-state index contributed by atoms with van der Waals surface area (Å²) in [5, 5.41) is 14.0. The monoisotopic (exact) mass is 486 g/mol. The van der Waals surface area contributed by atoms with Crippen molar-refractivity contribution < 1.29 is 29.0 Å². The van der Waals surface area contributed by atoms with Crippen LogP contribution in [0.25, 0.3) is 11.1 Å². The highest BCUT2D eigenvalue weighted by atomic mass is 32.2. The van der Waals surface area contributed by atoms with Crippen molar-refractivity contribution in [3.8, 4) is 11.1 Å². The van der Waals surface area contributed by atoms with Gasteiger partial charge in [0.25, 0.3) is 0 Å². The molecule has 1 aliphatic rings. The summed E-state index contributed by atoms with van der Waals surface area (Å²) >= 11 is 1.58. The minimum atomic E-state index is -0.937. The van der Waals surface area contributed by atoms with Crippen molar-refractivity contribution >= 4 is 29.7 Å². The van der Waals surface area contributed by atoms with Gasteiger partial charge in [0.1, 0.15) is 12.6 Å². The molecule has 0 fully saturated rings. The maximum atomic E-state index is 12.6. The Morgan fingerprint density at radius 3 is 2.29 bits per heavy atom. The number of carbonyl (C=O) groups excluding carboxylic acids is 2. The number of hydrogen-bond acceptors (Lipinski definition) is 6. The zero-order valence-electron chi connectivity index (χ0n) is 19.1.